The summed E-state index contributed by atoms with van der Waals surface area (Å²) in [7, 11) is 0. The van der Waals surface area contributed by atoms with Crippen molar-refractivity contribution in [2.24, 2.45) is 11.8 Å². The van der Waals surface area contributed by atoms with E-state index in [1.54, 1.807) is 0 Å². The van der Waals surface area contributed by atoms with Gasteiger partial charge in [0.25, 0.3) is 5.13 Å². The molecule has 2 nitrogen and oxygen atoms in total. The van der Waals surface area contributed by atoms with Crippen LogP contribution < -0.4 is 0 Å². The van der Waals surface area contributed by atoms with Crippen molar-refractivity contribution in [1.82, 2.24) is 0 Å². The second-order valence-electron chi connectivity index (χ2n) is 5.10. The summed E-state index contributed by atoms with van der Waals surface area (Å²) in [4.78, 5) is 0. The third kappa shape index (κ3) is 5.22. The predicted molar refractivity (Wildman–Crippen MR) is 67.9 cm³/mol. The number of ether oxygens (including phenoxy) is 2. The van der Waals surface area contributed by atoms with E-state index in [-0.39, 0.29) is 12.5 Å². The summed E-state index contributed by atoms with van der Waals surface area (Å²) in [5.41, 5.74) is 0. The Bertz CT molecular complexity index is 284. The summed E-state index contributed by atoms with van der Waals surface area (Å²) >= 11 is 4.96. The van der Waals surface area contributed by atoms with E-state index >= 15 is 0 Å². The first-order chi connectivity index (χ1) is 8.76. The lowest BCUT2D eigenvalue weighted by Gasteiger charge is -2.30. The molecule has 1 aliphatic rings. The van der Waals surface area contributed by atoms with Crippen molar-refractivity contribution in [3.05, 3.63) is 12.8 Å². The molecule has 112 valence electrons. The second-order valence-corrected chi connectivity index (χ2v) is 5.81. The largest absolute Gasteiger partial charge is 0.502 e. The highest BCUT2D eigenvalue weighted by Crippen LogP contribution is 2.38. The van der Waals surface area contributed by atoms with Crippen molar-refractivity contribution in [2.75, 3.05) is 13.2 Å². The van der Waals surface area contributed by atoms with Gasteiger partial charge in [0.05, 0.1) is 19.5 Å². The molecule has 0 heterocycles. The van der Waals surface area contributed by atoms with Gasteiger partial charge in [-0.2, -0.15) is 8.78 Å². The Kier molecular flexibility index (Phi) is 5.99. The molecule has 0 bridgehead atoms. The van der Waals surface area contributed by atoms with Gasteiger partial charge in [0.1, 0.15) is 0 Å². The summed E-state index contributed by atoms with van der Waals surface area (Å²) in [5, 5.41) is -3.18. The highest BCUT2D eigenvalue weighted by atomic mass is 35.5. The molecule has 0 aromatic heterocycles. The molecule has 1 fully saturated rings. The van der Waals surface area contributed by atoms with E-state index in [9.17, 15) is 13.2 Å². The predicted octanol–water partition coefficient (Wildman–Crippen LogP) is 4.49. The van der Waals surface area contributed by atoms with Gasteiger partial charge < -0.3 is 9.47 Å². The average molecular weight is 301 g/mol. The Balaban J connectivity index is 2.28. The third-order valence-electron chi connectivity index (χ3n) is 3.43. The maximum atomic E-state index is 13.2. The maximum absolute atomic E-state index is 13.2. The highest BCUT2D eigenvalue weighted by Gasteiger charge is 2.52. The van der Waals surface area contributed by atoms with Crippen LogP contribution in [-0.2, 0) is 9.47 Å². The van der Waals surface area contributed by atoms with E-state index in [0.717, 1.165) is 25.7 Å². The number of hydrogen-bond acceptors (Lipinski definition) is 2. The Labute approximate surface area is 116 Å². The van der Waals surface area contributed by atoms with E-state index in [4.69, 9.17) is 16.3 Å². The molecule has 0 aliphatic heterocycles. The molecule has 0 N–H and O–H groups in total. The van der Waals surface area contributed by atoms with Crippen molar-refractivity contribution in [1.29, 1.82) is 0 Å². The number of hydrogen-bond donors (Lipinski definition) is 0. The van der Waals surface area contributed by atoms with Crippen molar-refractivity contribution in [3.63, 3.8) is 0 Å². The van der Waals surface area contributed by atoms with Gasteiger partial charge >= 0.3 is 6.11 Å². The van der Waals surface area contributed by atoms with Gasteiger partial charge in [-0.15, -0.1) is 0 Å². The molecule has 0 aromatic carbocycles. The molecule has 6 heteroatoms. The van der Waals surface area contributed by atoms with Crippen LogP contribution in [0.4, 0.5) is 13.2 Å². The number of rotatable bonds is 7. The fourth-order valence-electron chi connectivity index (χ4n) is 2.12. The summed E-state index contributed by atoms with van der Waals surface area (Å²) in [5.74, 6) is 0.444. The van der Waals surface area contributed by atoms with Gasteiger partial charge in [0.2, 0.25) is 0 Å². The lowest BCUT2D eigenvalue weighted by Crippen LogP contribution is -2.40. The number of halogens is 4. The summed E-state index contributed by atoms with van der Waals surface area (Å²) in [6.45, 7) is 4.50. The molecule has 1 unspecified atom stereocenters. The summed E-state index contributed by atoms with van der Waals surface area (Å²) in [6.07, 6.45) is 0.761. The van der Waals surface area contributed by atoms with Crippen molar-refractivity contribution >= 4 is 11.6 Å². The Hall–Kier alpha value is -0.420. The zero-order valence-electron chi connectivity index (χ0n) is 11.0. The van der Waals surface area contributed by atoms with Gasteiger partial charge in [0.15, 0.2) is 0 Å². The SMILES string of the molecule is C=COCC1CCC(COC(F)(F)C(C)(F)Cl)CC1. The quantitative estimate of drug-likeness (QED) is 0.509. The van der Waals surface area contributed by atoms with Crippen LogP contribution in [0.1, 0.15) is 32.6 Å². The lowest BCUT2D eigenvalue weighted by atomic mass is 9.83. The van der Waals surface area contributed by atoms with Gasteiger partial charge in [-0.05, 0) is 44.4 Å². The summed E-state index contributed by atoms with van der Waals surface area (Å²) in [6, 6.07) is 0. The standard InChI is InChI=1S/C13H20ClF3O2/c1-3-18-8-10-4-6-11(7-5-10)9-19-13(16,17)12(2,14)15/h3,10-11H,1,4-9H2,2H3. The molecule has 0 aromatic rings. The van der Waals surface area contributed by atoms with Gasteiger partial charge in [0, 0.05) is 0 Å². The fraction of sp³-hybridized carbons (Fsp3) is 0.846. The van der Waals surface area contributed by atoms with Crippen LogP contribution in [-0.4, -0.2) is 24.5 Å². The zero-order chi connectivity index (χ0) is 14.5. The smallest absolute Gasteiger partial charge is 0.403 e. The number of alkyl halides is 4. The first kappa shape index (κ1) is 16.6. The van der Waals surface area contributed by atoms with Crippen molar-refractivity contribution in [3.8, 4) is 0 Å². The molecule has 1 saturated carbocycles. The molecule has 0 radical (unpaired) electrons. The minimum Gasteiger partial charge on any atom is -0.502 e. The highest BCUT2D eigenvalue weighted by molar-refractivity contribution is 6.23. The minimum absolute atomic E-state index is 0.0184. The van der Waals surface area contributed by atoms with Crippen LogP contribution >= 0.6 is 11.6 Å². The molecule has 0 spiro atoms. The normalized spacial score (nSPS) is 27.6. The lowest BCUT2D eigenvalue weighted by molar-refractivity contribution is -0.288. The van der Waals surface area contributed by atoms with Crippen molar-refractivity contribution in [2.45, 2.75) is 43.8 Å². The molecule has 1 rings (SSSR count). The summed E-state index contributed by atoms with van der Waals surface area (Å²) < 4.78 is 48.8. The van der Waals surface area contributed by atoms with E-state index < -0.39 is 11.2 Å². The third-order valence-corrected chi connectivity index (χ3v) is 3.65. The zero-order valence-corrected chi connectivity index (χ0v) is 11.8. The monoisotopic (exact) mass is 300 g/mol. The molecule has 0 amide bonds. The van der Waals surface area contributed by atoms with Crippen LogP contribution in [0.5, 0.6) is 0 Å². The first-order valence-electron chi connectivity index (χ1n) is 6.38. The van der Waals surface area contributed by atoms with Gasteiger partial charge in [-0.3, -0.25) is 0 Å². The van der Waals surface area contributed by atoms with Gasteiger partial charge in [-0.1, -0.05) is 18.2 Å². The van der Waals surface area contributed by atoms with Crippen molar-refractivity contribution < 1.29 is 22.6 Å². The first-order valence-corrected chi connectivity index (χ1v) is 6.76. The molecule has 0 saturated heterocycles. The maximum Gasteiger partial charge on any atom is 0.403 e. The fourth-order valence-corrected chi connectivity index (χ4v) is 2.17. The van der Waals surface area contributed by atoms with E-state index in [1.807, 2.05) is 0 Å². The molecule has 19 heavy (non-hydrogen) atoms. The van der Waals surface area contributed by atoms with E-state index in [2.05, 4.69) is 11.3 Å². The van der Waals surface area contributed by atoms with E-state index in [1.165, 1.54) is 6.26 Å². The van der Waals surface area contributed by atoms with Crippen LogP contribution in [0.2, 0.25) is 0 Å². The van der Waals surface area contributed by atoms with Crippen LogP contribution in [0.3, 0.4) is 0 Å². The molecular weight excluding hydrogens is 281 g/mol. The Morgan fingerprint density at radius 2 is 1.63 bits per heavy atom. The average Bonchev–Trinajstić information content (AvgIpc) is 2.34. The molecule has 1 aliphatic carbocycles. The second kappa shape index (κ2) is 6.84. The van der Waals surface area contributed by atoms with Crippen LogP contribution in [0.15, 0.2) is 12.8 Å². The topological polar surface area (TPSA) is 18.5 Å². The molecular formula is C13H20ClF3O2. The Morgan fingerprint density at radius 1 is 1.16 bits per heavy atom. The van der Waals surface area contributed by atoms with Crippen LogP contribution in [0.25, 0.3) is 0 Å². The molecule has 1 atom stereocenters. The minimum atomic E-state index is -3.96. The Morgan fingerprint density at radius 3 is 2.05 bits per heavy atom. The van der Waals surface area contributed by atoms with Gasteiger partial charge in [-0.25, -0.2) is 4.39 Å². The van der Waals surface area contributed by atoms with Crippen LogP contribution in [0, 0.1) is 11.8 Å². The van der Waals surface area contributed by atoms with E-state index in [0.29, 0.717) is 19.4 Å².